The number of nitrogens with two attached hydrogens (primary N) is 2. The lowest BCUT2D eigenvalue weighted by molar-refractivity contribution is -0.147. The molecule has 2 aromatic rings. The summed E-state index contributed by atoms with van der Waals surface area (Å²) < 4.78 is 5.44. The highest BCUT2D eigenvalue weighted by Crippen LogP contribution is 2.20. The Bertz CT molecular complexity index is 1160. The van der Waals surface area contributed by atoms with Crippen molar-refractivity contribution in [3.05, 3.63) is 65.7 Å². The van der Waals surface area contributed by atoms with Crippen LogP contribution in [0.25, 0.3) is 0 Å². The van der Waals surface area contributed by atoms with Crippen molar-refractivity contribution in [3.63, 3.8) is 0 Å². The van der Waals surface area contributed by atoms with E-state index >= 15 is 0 Å². The minimum atomic E-state index is -1.11. The van der Waals surface area contributed by atoms with Gasteiger partial charge in [-0.05, 0) is 42.6 Å². The van der Waals surface area contributed by atoms with Crippen LogP contribution in [-0.4, -0.2) is 89.8 Å². The SMILES string of the molecule is NCCCC[C@H](N)C(=O)NCC(=O)N[C@@H](Cc1ccc(O)cc1)C(=O)N[C@@H](Cc1ccccc1)C(=O)OCCSSCCO. The summed E-state index contributed by atoms with van der Waals surface area (Å²) in [5, 5.41) is 26.4. The van der Waals surface area contributed by atoms with Crippen LogP contribution in [0.1, 0.15) is 30.4 Å². The van der Waals surface area contributed by atoms with Crippen LogP contribution < -0.4 is 27.4 Å². The number of unbranched alkanes of at least 4 members (excludes halogenated alkanes) is 1. The van der Waals surface area contributed by atoms with Crippen molar-refractivity contribution in [1.82, 2.24) is 16.0 Å². The second-order valence-electron chi connectivity index (χ2n) is 9.89. The number of nitrogens with one attached hydrogen (secondary N) is 3. The molecule has 3 atom stereocenters. The molecule has 0 bridgehead atoms. The summed E-state index contributed by atoms with van der Waals surface area (Å²) in [4.78, 5) is 51.8. The van der Waals surface area contributed by atoms with Gasteiger partial charge < -0.3 is 42.4 Å². The fourth-order valence-electron chi connectivity index (χ4n) is 4.01. The molecule has 9 N–H and O–H groups in total. The number of phenolic OH excluding ortho intramolecular Hbond substituents is 1. The Kier molecular flexibility index (Phi) is 17.9. The molecule has 0 saturated carbocycles. The number of carbonyl (C=O) groups is 4. The monoisotopic (exact) mass is 649 g/mol. The minimum Gasteiger partial charge on any atom is -0.508 e. The summed E-state index contributed by atoms with van der Waals surface area (Å²) in [5.74, 6) is -1.25. The highest BCUT2D eigenvalue weighted by atomic mass is 33.1. The Hall–Kier alpha value is -3.30. The van der Waals surface area contributed by atoms with Crippen LogP contribution in [0.4, 0.5) is 0 Å². The van der Waals surface area contributed by atoms with Crippen molar-refractivity contribution in [2.45, 2.75) is 50.2 Å². The second-order valence-corrected chi connectivity index (χ2v) is 12.6. The first-order valence-corrected chi connectivity index (χ1v) is 16.9. The number of aliphatic hydroxyl groups is 1. The van der Waals surface area contributed by atoms with Gasteiger partial charge in [0.2, 0.25) is 17.7 Å². The third kappa shape index (κ3) is 14.9. The summed E-state index contributed by atoms with van der Waals surface area (Å²) in [6, 6.07) is 12.4. The number of carbonyl (C=O) groups excluding carboxylic acids is 4. The molecule has 44 heavy (non-hydrogen) atoms. The fourth-order valence-corrected chi connectivity index (χ4v) is 5.60. The standard InChI is InChI=1S/C30H43N5O7S2/c31-13-5-4-8-24(32)28(39)33-20-27(38)34-25(18-22-9-11-23(37)12-10-22)29(40)35-26(19-21-6-2-1-3-7-21)30(41)42-15-17-44-43-16-14-36/h1-3,6-7,9-12,24-26,36-37H,4-5,8,13-20,31-32H2,(H,33,39)(H,34,38)(H,35,40)/t24-,25-,26-/m0/s1. The van der Waals surface area contributed by atoms with E-state index in [4.69, 9.17) is 21.3 Å². The van der Waals surface area contributed by atoms with Crippen molar-refractivity contribution < 1.29 is 34.1 Å². The Balaban J connectivity index is 2.11. The van der Waals surface area contributed by atoms with Crippen LogP contribution in [0, 0.1) is 0 Å². The normalized spacial score (nSPS) is 12.9. The number of hydrogen-bond donors (Lipinski definition) is 7. The molecule has 2 aromatic carbocycles. The van der Waals surface area contributed by atoms with Gasteiger partial charge in [0.1, 0.15) is 24.4 Å². The molecule has 0 saturated heterocycles. The summed E-state index contributed by atoms with van der Waals surface area (Å²) in [5.41, 5.74) is 12.8. The van der Waals surface area contributed by atoms with Crippen molar-refractivity contribution in [3.8, 4) is 5.75 Å². The first kappa shape index (κ1) is 36.9. The molecule has 0 heterocycles. The van der Waals surface area contributed by atoms with E-state index in [0.717, 1.165) is 12.0 Å². The van der Waals surface area contributed by atoms with Crippen molar-refractivity contribution >= 4 is 45.3 Å². The number of aliphatic hydroxyl groups excluding tert-OH is 1. The van der Waals surface area contributed by atoms with Gasteiger partial charge in [-0.1, -0.05) is 70.5 Å². The van der Waals surface area contributed by atoms with E-state index < -0.39 is 48.4 Å². The van der Waals surface area contributed by atoms with Gasteiger partial charge in [0.15, 0.2) is 0 Å². The molecule has 14 heteroatoms. The van der Waals surface area contributed by atoms with Gasteiger partial charge >= 0.3 is 5.97 Å². The lowest BCUT2D eigenvalue weighted by atomic mass is 10.0. The van der Waals surface area contributed by atoms with E-state index in [0.29, 0.717) is 36.5 Å². The number of benzene rings is 2. The van der Waals surface area contributed by atoms with E-state index in [1.165, 1.54) is 33.7 Å². The van der Waals surface area contributed by atoms with Crippen molar-refractivity contribution in [1.29, 1.82) is 0 Å². The lowest BCUT2D eigenvalue weighted by Gasteiger charge is -2.23. The number of hydrogen-bond acceptors (Lipinski definition) is 11. The molecular formula is C30H43N5O7S2. The molecule has 2 rings (SSSR count). The Morgan fingerprint density at radius 2 is 1.50 bits per heavy atom. The van der Waals surface area contributed by atoms with E-state index in [1.54, 1.807) is 12.1 Å². The zero-order valence-corrected chi connectivity index (χ0v) is 26.2. The number of amides is 3. The third-order valence-electron chi connectivity index (χ3n) is 6.31. The maximum Gasteiger partial charge on any atom is 0.329 e. The molecular weight excluding hydrogens is 606 g/mol. The van der Waals surface area contributed by atoms with Crippen molar-refractivity contribution in [2.24, 2.45) is 11.5 Å². The van der Waals surface area contributed by atoms with Crippen LogP contribution in [-0.2, 0) is 36.8 Å². The Labute approximate surface area is 265 Å². The highest BCUT2D eigenvalue weighted by Gasteiger charge is 2.28. The predicted molar refractivity (Wildman–Crippen MR) is 173 cm³/mol. The third-order valence-corrected chi connectivity index (χ3v) is 8.66. The summed E-state index contributed by atoms with van der Waals surface area (Å²) in [7, 11) is 2.92. The zero-order valence-electron chi connectivity index (χ0n) is 24.6. The number of esters is 1. The minimum absolute atomic E-state index is 0.0443. The first-order chi connectivity index (χ1) is 21.2. The van der Waals surface area contributed by atoms with Gasteiger partial charge in [-0.15, -0.1) is 0 Å². The molecule has 0 fully saturated rings. The molecule has 3 amide bonds. The average molecular weight is 650 g/mol. The first-order valence-electron chi connectivity index (χ1n) is 14.4. The van der Waals surface area contributed by atoms with E-state index in [9.17, 15) is 24.3 Å². The van der Waals surface area contributed by atoms with Gasteiger partial charge in [-0.3, -0.25) is 14.4 Å². The molecule has 12 nitrogen and oxygen atoms in total. The molecule has 0 radical (unpaired) electrons. The van der Waals surface area contributed by atoms with Gasteiger partial charge in [-0.25, -0.2) is 4.79 Å². The quantitative estimate of drug-likeness (QED) is 0.0567. The van der Waals surface area contributed by atoms with E-state index in [-0.39, 0.29) is 31.8 Å². The van der Waals surface area contributed by atoms with Crippen molar-refractivity contribution in [2.75, 3.05) is 37.8 Å². The maximum atomic E-state index is 13.6. The molecule has 0 unspecified atom stereocenters. The molecule has 0 aromatic heterocycles. The van der Waals surface area contributed by atoms with Crippen LogP contribution in [0.3, 0.4) is 0 Å². The number of aromatic hydroxyl groups is 1. The second kappa shape index (κ2) is 21.4. The zero-order chi connectivity index (χ0) is 32.2. The molecule has 0 aliphatic heterocycles. The van der Waals surface area contributed by atoms with Crippen LogP contribution >= 0.6 is 21.6 Å². The molecule has 242 valence electrons. The molecule has 0 spiro atoms. The highest BCUT2D eigenvalue weighted by molar-refractivity contribution is 8.76. The van der Waals surface area contributed by atoms with E-state index in [1.807, 2.05) is 30.3 Å². The Morgan fingerprint density at radius 1 is 0.841 bits per heavy atom. The van der Waals surface area contributed by atoms with Gasteiger partial charge in [0, 0.05) is 24.3 Å². The molecule has 0 aliphatic rings. The summed E-state index contributed by atoms with van der Waals surface area (Å²) >= 11 is 0. The number of phenols is 1. The largest absolute Gasteiger partial charge is 0.508 e. The van der Waals surface area contributed by atoms with Gasteiger partial charge in [0.05, 0.1) is 19.2 Å². The lowest BCUT2D eigenvalue weighted by Crippen LogP contribution is -2.55. The van der Waals surface area contributed by atoms with E-state index in [2.05, 4.69) is 16.0 Å². The number of ether oxygens (including phenoxy) is 1. The van der Waals surface area contributed by atoms with Crippen LogP contribution in [0.5, 0.6) is 5.75 Å². The average Bonchev–Trinajstić information content (AvgIpc) is 3.02. The fraction of sp³-hybridized carbons (Fsp3) is 0.467. The maximum absolute atomic E-state index is 13.6. The van der Waals surface area contributed by atoms with Crippen LogP contribution in [0.2, 0.25) is 0 Å². The van der Waals surface area contributed by atoms with Gasteiger partial charge in [-0.2, -0.15) is 0 Å². The topological polar surface area (TPSA) is 206 Å². The van der Waals surface area contributed by atoms with Gasteiger partial charge in [0.25, 0.3) is 0 Å². The smallest absolute Gasteiger partial charge is 0.329 e. The summed E-state index contributed by atoms with van der Waals surface area (Å²) in [6.07, 6.45) is 2.05. The Morgan fingerprint density at radius 3 is 2.18 bits per heavy atom. The predicted octanol–water partition coefficient (Wildman–Crippen LogP) is 0.636. The van der Waals surface area contributed by atoms with Crippen LogP contribution in [0.15, 0.2) is 54.6 Å². The number of rotatable bonds is 21. The summed E-state index contributed by atoms with van der Waals surface area (Å²) in [6.45, 7) is 0.267. The molecule has 0 aliphatic carbocycles.